The Kier molecular flexibility index (Phi) is 7.98. The van der Waals surface area contributed by atoms with Crippen LogP contribution in [0.15, 0.2) is 36.5 Å². The first-order valence-electron chi connectivity index (χ1n) is 12.0. The lowest BCUT2D eigenvalue weighted by Crippen LogP contribution is -2.49. The Morgan fingerprint density at radius 3 is 2.83 bits per heavy atom. The van der Waals surface area contributed by atoms with Gasteiger partial charge >= 0.3 is 0 Å². The number of nitrogens with zero attached hydrogens (tertiary/aromatic N) is 2. The summed E-state index contributed by atoms with van der Waals surface area (Å²) in [5, 5.41) is 13.5. The third-order valence-corrected chi connectivity index (χ3v) is 6.66. The van der Waals surface area contributed by atoms with Gasteiger partial charge in [-0.3, -0.25) is 9.29 Å². The minimum atomic E-state index is -3.23. The van der Waals surface area contributed by atoms with Gasteiger partial charge in [0.15, 0.2) is 0 Å². The molecule has 0 unspecified atom stereocenters. The van der Waals surface area contributed by atoms with Crippen LogP contribution >= 0.6 is 0 Å². The number of alkyl halides is 3. The maximum absolute atomic E-state index is 14.5. The molecule has 1 aromatic carbocycles. The van der Waals surface area contributed by atoms with Gasteiger partial charge in [-0.1, -0.05) is 18.2 Å². The molecule has 0 saturated heterocycles. The number of H-pyrrole nitrogens is 1. The molecule has 2 atom stereocenters. The summed E-state index contributed by atoms with van der Waals surface area (Å²) < 4.78 is 47.1. The number of ether oxygens (including phenoxy) is 1. The Morgan fingerprint density at radius 2 is 2.06 bits per heavy atom. The van der Waals surface area contributed by atoms with Crippen LogP contribution in [-0.2, 0) is 6.42 Å². The molecular weight excluding hydrogens is 457 g/mol. The maximum Gasteiger partial charge on any atom is 0.283 e. The second-order valence-electron chi connectivity index (χ2n) is 9.18. The van der Waals surface area contributed by atoms with Crippen LogP contribution in [-0.4, -0.2) is 71.5 Å². The van der Waals surface area contributed by atoms with E-state index in [9.17, 15) is 18.3 Å². The Balaban J connectivity index is 1.70. The van der Waals surface area contributed by atoms with Gasteiger partial charge in [-0.15, -0.1) is 0 Å². The third kappa shape index (κ3) is 5.47. The zero-order valence-electron chi connectivity index (χ0n) is 20.2. The van der Waals surface area contributed by atoms with E-state index >= 15 is 0 Å². The van der Waals surface area contributed by atoms with E-state index in [0.29, 0.717) is 38.4 Å². The molecule has 190 valence electrons. The number of pyridine rings is 1. The summed E-state index contributed by atoms with van der Waals surface area (Å²) >= 11 is 0. The molecule has 0 saturated carbocycles. The summed E-state index contributed by atoms with van der Waals surface area (Å²) in [6.45, 7) is 3.17. The summed E-state index contributed by atoms with van der Waals surface area (Å²) in [6, 6.07) is 9.16. The van der Waals surface area contributed by atoms with Gasteiger partial charge in [0.25, 0.3) is 5.92 Å². The quantitative estimate of drug-likeness (QED) is 0.352. The van der Waals surface area contributed by atoms with Crippen LogP contribution in [0.4, 0.5) is 13.2 Å². The van der Waals surface area contributed by atoms with Crippen LogP contribution < -0.4 is 10.1 Å². The Labute approximate surface area is 203 Å². The molecule has 9 heteroatoms. The number of para-hydroxylation sites is 1. The molecular formula is C26H33F3N4O2. The fourth-order valence-electron chi connectivity index (χ4n) is 4.91. The minimum Gasteiger partial charge on any atom is -0.476 e. The number of benzene rings is 1. The Bertz CT molecular complexity index is 1140. The van der Waals surface area contributed by atoms with Crippen molar-refractivity contribution in [3.63, 3.8) is 0 Å². The summed E-state index contributed by atoms with van der Waals surface area (Å²) in [5.74, 6) is -2.79. The van der Waals surface area contributed by atoms with Crippen molar-refractivity contribution in [3.8, 4) is 5.88 Å². The van der Waals surface area contributed by atoms with E-state index in [1.54, 1.807) is 11.1 Å². The highest BCUT2D eigenvalue weighted by Gasteiger charge is 2.42. The van der Waals surface area contributed by atoms with Crippen molar-refractivity contribution in [1.82, 2.24) is 20.2 Å². The number of hydrogen-bond donors (Lipinski definition) is 3. The van der Waals surface area contributed by atoms with Gasteiger partial charge in [-0.05, 0) is 56.5 Å². The predicted molar refractivity (Wildman–Crippen MR) is 130 cm³/mol. The molecule has 0 radical (unpaired) electrons. The van der Waals surface area contributed by atoms with Crippen LogP contribution in [0.2, 0.25) is 0 Å². The lowest BCUT2D eigenvalue weighted by atomic mass is 9.87. The molecule has 6 nitrogen and oxygen atoms in total. The average Bonchev–Trinajstić information content (AvgIpc) is 3.21. The van der Waals surface area contributed by atoms with Gasteiger partial charge in [-0.2, -0.15) is 0 Å². The molecule has 0 aliphatic carbocycles. The molecule has 2 aromatic heterocycles. The molecule has 35 heavy (non-hydrogen) atoms. The van der Waals surface area contributed by atoms with Crippen LogP contribution in [0, 0.1) is 6.92 Å². The topological polar surface area (TPSA) is 73.4 Å². The number of aromatic nitrogens is 2. The molecule has 3 N–H and O–H groups in total. The highest BCUT2D eigenvalue weighted by atomic mass is 19.3. The molecule has 0 spiro atoms. The number of halogens is 3. The fraction of sp³-hybridized carbons (Fsp3) is 0.500. The minimum absolute atomic E-state index is 0.180. The molecule has 3 heterocycles. The van der Waals surface area contributed by atoms with Crippen molar-refractivity contribution in [1.29, 1.82) is 0 Å². The van der Waals surface area contributed by atoms with Crippen molar-refractivity contribution < 1.29 is 23.0 Å². The van der Waals surface area contributed by atoms with E-state index in [0.717, 1.165) is 33.3 Å². The van der Waals surface area contributed by atoms with Gasteiger partial charge in [-0.25, -0.2) is 13.8 Å². The number of aliphatic hydroxyl groups is 1. The molecule has 0 amide bonds. The first kappa shape index (κ1) is 25.5. The number of nitrogens with one attached hydrogen (secondary N) is 2. The number of fused-ring (bicyclic) bond motifs is 3. The lowest BCUT2D eigenvalue weighted by molar-refractivity contribution is -0.0865. The molecule has 1 aliphatic rings. The molecule has 3 aromatic rings. The largest absolute Gasteiger partial charge is 0.476 e. The van der Waals surface area contributed by atoms with Crippen molar-refractivity contribution in [2.45, 2.75) is 44.7 Å². The summed E-state index contributed by atoms with van der Waals surface area (Å²) in [4.78, 5) is 9.62. The molecule has 1 aliphatic heterocycles. The lowest BCUT2D eigenvalue weighted by Gasteiger charge is -2.42. The van der Waals surface area contributed by atoms with Gasteiger partial charge in [0.1, 0.15) is 13.2 Å². The molecule has 0 fully saturated rings. The zero-order valence-corrected chi connectivity index (χ0v) is 20.2. The number of hydrogen-bond acceptors (Lipinski definition) is 5. The second kappa shape index (κ2) is 11.0. The highest BCUT2D eigenvalue weighted by molar-refractivity contribution is 5.85. The summed E-state index contributed by atoms with van der Waals surface area (Å²) in [7, 11) is 0. The van der Waals surface area contributed by atoms with Crippen LogP contribution in [0.1, 0.15) is 41.8 Å². The summed E-state index contributed by atoms with van der Waals surface area (Å²) in [5.41, 5.74) is 4.57. The fourth-order valence-corrected chi connectivity index (χ4v) is 4.91. The van der Waals surface area contributed by atoms with E-state index in [1.807, 2.05) is 38.1 Å². The average molecular weight is 491 g/mol. The maximum atomic E-state index is 14.5. The van der Waals surface area contributed by atoms with Gasteiger partial charge in [0.2, 0.25) is 5.88 Å². The van der Waals surface area contributed by atoms with Crippen LogP contribution in [0.3, 0.4) is 0 Å². The number of rotatable bonds is 11. The Hall–Kier alpha value is -2.62. The van der Waals surface area contributed by atoms with Crippen molar-refractivity contribution in [3.05, 3.63) is 58.9 Å². The van der Waals surface area contributed by atoms with Gasteiger partial charge < -0.3 is 20.1 Å². The normalized spacial score (nSPS) is 18.7. The van der Waals surface area contributed by atoms with Gasteiger partial charge in [0, 0.05) is 40.9 Å². The molecule has 0 bridgehead atoms. The molecule has 4 rings (SSSR count). The predicted octanol–water partition coefficient (Wildman–Crippen LogP) is 4.16. The van der Waals surface area contributed by atoms with Crippen molar-refractivity contribution >= 4 is 10.9 Å². The van der Waals surface area contributed by atoms with Crippen LogP contribution in [0.5, 0.6) is 5.88 Å². The van der Waals surface area contributed by atoms with Crippen LogP contribution in [0.25, 0.3) is 10.9 Å². The second-order valence-corrected chi connectivity index (χ2v) is 9.18. The van der Waals surface area contributed by atoms with E-state index < -0.39 is 25.1 Å². The van der Waals surface area contributed by atoms with Gasteiger partial charge in [0.05, 0.1) is 19.3 Å². The third-order valence-electron chi connectivity index (χ3n) is 6.66. The number of aromatic amines is 1. The van der Waals surface area contributed by atoms with E-state index in [4.69, 9.17) is 4.74 Å². The SMILES string of the molecule is Cc1c([C@@H]2c3[nH]c4ccccc4c3C[C@@H](C)N2CC(F)(F)CO)ccnc1OCCNCCCF. The number of aliphatic hydroxyl groups excluding tert-OH is 1. The monoisotopic (exact) mass is 490 g/mol. The highest BCUT2D eigenvalue weighted by Crippen LogP contribution is 2.43. The van der Waals surface area contributed by atoms with E-state index in [1.165, 1.54) is 0 Å². The van der Waals surface area contributed by atoms with Crippen molar-refractivity contribution in [2.75, 3.05) is 39.5 Å². The zero-order chi connectivity index (χ0) is 25.0. The smallest absolute Gasteiger partial charge is 0.283 e. The standard InChI is InChI=1S/C26H33F3N4O2/c1-17-14-21-20-6-3-4-7-22(20)32-23(21)24(33(17)15-26(28,29)16-34)19-8-11-31-25(18(19)2)35-13-12-30-10-5-9-27/h3-4,6-8,11,17,24,30,32,34H,5,9-10,12-16H2,1-2H3/t17-,24-/m1/s1. The Morgan fingerprint density at radius 1 is 1.26 bits per heavy atom. The summed E-state index contributed by atoms with van der Waals surface area (Å²) in [6.07, 6.45) is 2.71. The first-order valence-corrected chi connectivity index (χ1v) is 12.0. The first-order chi connectivity index (χ1) is 16.9. The van der Waals surface area contributed by atoms with Crippen molar-refractivity contribution in [2.24, 2.45) is 0 Å². The van der Waals surface area contributed by atoms with E-state index in [2.05, 4.69) is 21.4 Å². The van der Waals surface area contributed by atoms with E-state index in [-0.39, 0.29) is 12.7 Å².